The lowest BCUT2D eigenvalue weighted by Gasteiger charge is -2.35. The molecular weight excluding hydrogens is 704 g/mol. The number of benzene rings is 2. The van der Waals surface area contributed by atoms with Crippen LogP contribution < -0.4 is 5.73 Å². The van der Waals surface area contributed by atoms with Crippen LogP contribution in [0.4, 0.5) is 17.6 Å². The van der Waals surface area contributed by atoms with Crippen LogP contribution in [0.2, 0.25) is 5.02 Å². The Hall–Kier alpha value is -4.79. The van der Waals surface area contributed by atoms with Crippen LogP contribution in [0.15, 0.2) is 66.0 Å². The summed E-state index contributed by atoms with van der Waals surface area (Å²) >= 11 is 6.47. The number of nitrogens with two attached hydrogens (primary N) is 1. The Balaban J connectivity index is 1.41. The second-order valence-electron chi connectivity index (χ2n) is 14.8. The zero-order valence-electron chi connectivity index (χ0n) is 29.3. The quantitative estimate of drug-likeness (QED) is 0.120. The molecule has 6 rings (SSSR count). The molecule has 16 heteroatoms. The van der Waals surface area contributed by atoms with Gasteiger partial charge in [-0.15, -0.1) is 0 Å². The summed E-state index contributed by atoms with van der Waals surface area (Å²) in [6, 6.07) is 12.3. The number of amides is 1. The van der Waals surface area contributed by atoms with Crippen LogP contribution in [0.5, 0.6) is 0 Å². The Labute approximate surface area is 302 Å². The van der Waals surface area contributed by atoms with Gasteiger partial charge in [0.1, 0.15) is 12.9 Å². The van der Waals surface area contributed by atoms with Gasteiger partial charge in [0, 0.05) is 24.2 Å². The lowest BCUT2D eigenvalue weighted by molar-refractivity contribution is -0.153. The molecular formula is C36H39ClF4N8O3. The highest BCUT2D eigenvalue weighted by atomic mass is 35.5. The zero-order valence-corrected chi connectivity index (χ0v) is 30.0. The maximum absolute atomic E-state index is 15.0. The van der Waals surface area contributed by atoms with Gasteiger partial charge in [-0.3, -0.25) is 19.2 Å². The average Bonchev–Trinajstić information content (AvgIpc) is 3.36. The van der Waals surface area contributed by atoms with Crippen LogP contribution >= 0.6 is 11.6 Å². The number of hydrogen-bond acceptors (Lipinski definition) is 8. The van der Waals surface area contributed by atoms with Crippen molar-refractivity contribution < 1.29 is 31.9 Å². The normalized spacial score (nSPS) is 19.2. The van der Waals surface area contributed by atoms with E-state index >= 15 is 0 Å². The molecule has 0 unspecified atom stereocenters. The minimum Gasteiger partial charge on any atom is -0.463 e. The fraction of sp³-hybridized carbons (Fsp3) is 0.444. The minimum absolute atomic E-state index is 0.0130. The first kappa shape index (κ1) is 37.0. The van der Waals surface area contributed by atoms with Crippen LogP contribution in [-0.2, 0) is 26.9 Å². The predicted octanol–water partition coefficient (Wildman–Crippen LogP) is 7.16. The van der Waals surface area contributed by atoms with E-state index in [0.29, 0.717) is 5.56 Å². The molecule has 0 bridgehead atoms. The summed E-state index contributed by atoms with van der Waals surface area (Å²) in [7, 11) is 1.81. The Morgan fingerprint density at radius 3 is 2.35 bits per heavy atom. The Morgan fingerprint density at radius 2 is 1.77 bits per heavy atom. The molecule has 1 fully saturated rings. The van der Waals surface area contributed by atoms with Gasteiger partial charge in [-0.05, 0) is 60.9 Å². The number of aliphatic imine (C=N–C) groups is 1. The molecule has 11 nitrogen and oxygen atoms in total. The molecule has 1 aliphatic carbocycles. The molecule has 2 N–H and O–H groups in total. The summed E-state index contributed by atoms with van der Waals surface area (Å²) in [6.07, 6.45) is -0.192. The highest BCUT2D eigenvalue weighted by Crippen LogP contribution is 2.59. The Morgan fingerprint density at radius 1 is 1.08 bits per heavy atom. The first-order valence-electron chi connectivity index (χ1n) is 16.7. The van der Waals surface area contributed by atoms with Crippen LogP contribution in [0.25, 0.3) is 16.9 Å². The van der Waals surface area contributed by atoms with Crippen molar-refractivity contribution in [3.8, 4) is 16.9 Å². The molecule has 0 saturated heterocycles. The summed E-state index contributed by atoms with van der Waals surface area (Å²) in [4.78, 5) is 37.7. The number of aromatic nitrogens is 5. The van der Waals surface area contributed by atoms with Crippen LogP contribution in [0.3, 0.4) is 0 Å². The van der Waals surface area contributed by atoms with Gasteiger partial charge >= 0.3 is 5.97 Å². The largest absolute Gasteiger partial charge is 0.463 e. The summed E-state index contributed by atoms with van der Waals surface area (Å²) in [5, 5.41) is 8.41. The van der Waals surface area contributed by atoms with E-state index in [-0.39, 0.29) is 41.5 Å². The van der Waals surface area contributed by atoms with E-state index in [1.165, 1.54) is 23.1 Å². The second-order valence-corrected chi connectivity index (χ2v) is 15.2. The number of guanidine groups is 1. The van der Waals surface area contributed by atoms with Crippen molar-refractivity contribution in [1.29, 1.82) is 0 Å². The highest BCUT2D eigenvalue weighted by molar-refractivity contribution is 6.32. The van der Waals surface area contributed by atoms with Gasteiger partial charge in [0.25, 0.3) is 18.3 Å². The molecule has 52 heavy (non-hydrogen) atoms. The van der Waals surface area contributed by atoms with Crippen LogP contribution in [0.1, 0.15) is 82.8 Å². The lowest BCUT2D eigenvalue weighted by atomic mass is 9.75. The molecule has 0 spiro atoms. The number of carbonyl (C=O) groups excluding carboxylic acids is 2. The molecule has 2 aromatic heterocycles. The molecule has 2 aliphatic rings. The molecule has 276 valence electrons. The average molecular weight is 743 g/mol. The van der Waals surface area contributed by atoms with E-state index in [2.05, 4.69) is 15.2 Å². The number of nitrogens with zero attached hydrogens (tertiary/aromatic N) is 7. The fourth-order valence-corrected chi connectivity index (χ4v) is 6.98. The van der Waals surface area contributed by atoms with Crippen molar-refractivity contribution in [3.63, 3.8) is 0 Å². The number of halogens is 5. The molecule has 1 aliphatic heterocycles. The standard InChI is InChI=1S/C36H39ClF4N8O3/c1-33(2,3)19-36(23-9-6-21(7-10-23)25-12-15-47(5)46-25)31(51)48(32(42)45-36)27(18-52-28(50)17-35(13-14-35)34(4,40)41)22-8-11-24(37)26(16-22)49-30(29(38)39)43-20-44-49/h6-12,15-16,20,27,29H,13-14,17-19H2,1-5H3,(H2,42,45)/t27-,36-/m1/s1. The van der Waals surface area contributed by atoms with Gasteiger partial charge in [-0.1, -0.05) is 62.7 Å². The van der Waals surface area contributed by atoms with E-state index < -0.39 is 65.5 Å². The summed E-state index contributed by atoms with van der Waals surface area (Å²) in [5.41, 5.74) is 5.53. The summed E-state index contributed by atoms with van der Waals surface area (Å²) in [5.74, 6) is -5.38. The summed E-state index contributed by atoms with van der Waals surface area (Å²) < 4.78 is 64.6. The van der Waals surface area contributed by atoms with Crippen molar-refractivity contribution in [2.24, 2.45) is 28.6 Å². The second kappa shape index (κ2) is 13.3. The van der Waals surface area contributed by atoms with Crippen LogP contribution in [0, 0.1) is 10.8 Å². The van der Waals surface area contributed by atoms with Gasteiger partial charge < -0.3 is 10.5 Å². The van der Waals surface area contributed by atoms with Crippen molar-refractivity contribution in [1.82, 2.24) is 29.4 Å². The Kier molecular flexibility index (Phi) is 9.47. The van der Waals surface area contributed by atoms with Crippen molar-refractivity contribution >= 4 is 29.4 Å². The topological polar surface area (TPSA) is 134 Å². The lowest BCUT2D eigenvalue weighted by Crippen LogP contribution is -2.47. The molecule has 1 amide bonds. The third kappa shape index (κ3) is 7.02. The van der Waals surface area contributed by atoms with Gasteiger partial charge in [0.05, 0.1) is 28.9 Å². The first-order valence-corrected chi connectivity index (χ1v) is 17.0. The molecule has 2 atom stereocenters. The van der Waals surface area contributed by atoms with E-state index in [1.54, 1.807) is 16.8 Å². The van der Waals surface area contributed by atoms with Crippen molar-refractivity contribution in [3.05, 3.63) is 83.0 Å². The van der Waals surface area contributed by atoms with Crippen molar-refractivity contribution in [2.75, 3.05) is 6.61 Å². The van der Waals surface area contributed by atoms with E-state index in [0.717, 1.165) is 29.2 Å². The van der Waals surface area contributed by atoms with Gasteiger partial charge in [0.15, 0.2) is 17.3 Å². The minimum atomic E-state index is -3.10. The SMILES string of the molecule is Cn1ccc(-c2ccc([C@@]3(CC(C)(C)C)N=C(N)N([C@H](COC(=O)CC4(C(C)(F)F)CC4)c4ccc(Cl)c(-n5ncnc5C(F)F)c4)C3=O)cc2)n1. The van der Waals surface area contributed by atoms with E-state index in [1.807, 2.05) is 52.2 Å². The van der Waals surface area contributed by atoms with Gasteiger partial charge in [0.2, 0.25) is 0 Å². The van der Waals surface area contributed by atoms with Crippen molar-refractivity contribution in [2.45, 2.75) is 77.3 Å². The zero-order chi connectivity index (χ0) is 37.8. The number of alkyl halides is 4. The smallest absolute Gasteiger partial charge is 0.306 e. The molecule has 4 aromatic rings. The van der Waals surface area contributed by atoms with E-state index in [4.69, 9.17) is 27.1 Å². The number of ether oxygens (including phenoxy) is 1. The highest BCUT2D eigenvalue weighted by Gasteiger charge is 2.60. The van der Waals surface area contributed by atoms with Gasteiger partial charge in [-0.25, -0.2) is 32.2 Å². The molecule has 3 heterocycles. The number of aryl methyl sites for hydroxylation is 1. The molecule has 2 aromatic carbocycles. The predicted molar refractivity (Wildman–Crippen MR) is 185 cm³/mol. The monoisotopic (exact) mass is 742 g/mol. The fourth-order valence-electron chi connectivity index (χ4n) is 6.79. The number of rotatable bonds is 12. The van der Waals surface area contributed by atoms with E-state index in [9.17, 15) is 27.2 Å². The number of hydrogen-bond donors (Lipinski definition) is 1. The van der Waals surface area contributed by atoms with Gasteiger partial charge in [-0.2, -0.15) is 10.2 Å². The molecule has 1 saturated carbocycles. The number of carbonyl (C=O) groups is 2. The maximum Gasteiger partial charge on any atom is 0.306 e. The first-order chi connectivity index (χ1) is 24.3. The third-order valence-electron chi connectivity index (χ3n) is 9.62. The third-order valence-corrected chi connectivity index (χ3v) is 9.94. The summed E-state index contributed by atoms with van der Waals surface area (Å²) in [6.45, 7) is 6.13. The number of esters is 1. The van der Waals surface area contributed by atoms with Crippen LogP contribution in [-0.4, -0.2) is 59.8 Å². The Bertz CT molecular complexity index is 2010. The maximum atomic E-state index is 15.0. The molecule has 0 radical (unpaired) electrons.